The molecule has 2 aromatic rings. The highest BCUT2D eigenvalue weighted by Crippen LogP contribution is 2.25. The number of ether oxygens (including phenoxy) is 1. The quantitative estimate of drug-likeness (QED) is 0.596. The molecule has 34 heavy (non-hydrogen) atoms. The molecule has 2 aromatic carbocycles. The van der Waals surface area contributed by atoms with Crippen molar-refractivity contribution < 1.29 is 18.5 Å². The Morgan fingerprint density at radius 3 is 2.35 bits per heavy atom. The molecule has 1 heterocycles. The van der Waals surface area contributed by atoms with Gasteiger partial charge in [0.15, 0.2) is 0 Å². The summed E-state index contributed by atoms with van der Waals surface area (Å²) in [5.74, 6) is 0.0217. The van der Waals surface area contributed by atoms with E-state index in [-0.39, 0.29) is 24.9 Å². The van der Waals surface area contributed by atoms with Gasteiger partial charge in [-0.2, -0.15) is 0 Å². The predicted octanol–water partition coefficient (Wildman–Crippen LogP) is 2.05. The van der Waals surface area contributed by atoms with E-state index in [9.17, 15) is 13.8 Å². The van der Waals surface area contributed by atoms with Gasteiger partial charge in [-0.25, -0.2) is 8.51 Å². The number of rotatable bonds is 8. The highest BCUT2D eigenvalue weighted by Gasteiger charge is 2.19. The van der Waals surface area contributed by atoms with Gasteiger partial charge in [0.05, 0.1) is 25.1 Å². The standard InChI is InChI=1S/C25H34N4O4S/c1-17-12-22(33-5)13-18(2)25(17)34(32)29(4)16-24(31)26-15-23(30)27-21-7-6-19-8-10-28(3)11-9-20(19)14-21/h6-7,12-14H,8-11,15-16H2,1-5H3,(H,26,31)(H,27,30). The van der Waals surface area contributed by atoms with E-state index >= 15 is 0 Å². The van der Waals surface area contributed by atoms with E-state index in [2.05, 4.69) is 28.6 Å². The largest absolute Gasteiger partial charge is 0.497 e. The molecule has 0 bridgehead atoms. The van der Waals surface area contributed by atoms with Crippen LogP contribution in [-0.2, 0) is 33.4 Å². The summed E-state index contributed by atoms with van der Waals surface area (Å²) in [6, 6.07) is 9.62. The van der Waals surface area contributed by atoms with Crippen molar-refractivity contribution in [3.05, 3.63) is 52.6 Å². The number of methoxy groups -OCH3 is 1. The second-order valence-corrected chi connectivity index (χ2v) is 10.3. The SMILES string of the molecule is COc1cc(C)c(S(=O)N(C)CC(=O)NCC(=O)Nc2ccc3c(c2)CCN(C)CC3)c(C)c1. The average Bonchev–Trinajstić information content (AvgIpc) is 2.98. The summed E-state index contributed by atoms with van der Waals surface area (Å²) in [5, 5.41) is 5.47. The summed E-state index contributed by atoms with van der Waals surface area (Å²) in [5.41, 5.74) is 4.95. The topological polar surface area (TPSA) is 91.0 Å². The molecule has 0 spiro atoms. The Morgan fingerprint density at radius 2 is 1.71 bits per heavy atom. The first-order chi connectivity index (χ1) is 16.2. The van der Waals surface area contributed by atoms with Crippen molar-refractivity contribution in [2.75, 3.05) is 52.7 Å². The van der Waals surface area contributed by atoms with Crippen molar-refractivity contribution in [2.45, 2.75) is 31.6 Å². The predicted molar refractivity (Wildman–Crippen MR) is 134 cm³/mol. The zero-order chi connectivity index (χ0) is 24.8. The second kappa shape index (κ2) is 11.6. The molecule has 2 amide bonds. The van der Waals surface area contributed by atoms with Crippen LogP contribution >= 0.6 is 0 Å². The van der Waals surface area contributed by atoms with Crippen LogP contribution in [0.15, 0.2) is 35.2 Å². The molecule has 0 saturated heterocycles. The van der Waals surface area contributed by atoms with Gasteiger partial charge in [0.2, 0.25) is 11.8 Å². The number of aryl methyl sites for hydroxylation is 2. The lowest BCUT2D eigenvalue weighted by Gasteiger charge is -2.19. The van der Waals surface area contributed by atoms with Crippen LogP contribution in [0, 0.1) is 13.8 Å². The van der Waals surface area contributed by atoms with E-state index in [1.165, 1.54) is 15.4 Å². The van der Waals surface area contributed by atoms with E-state index in [0.29, 0.717) is 10.6 Å². The third-order valence-electron chi connectivity index (χ3n) is 5.96. The first-order valence-electron chi connectivity index (χ1n) is 11.3. The molecule has 2 N–H and O–H groups in total. The molecule has 8 nitrogen and oxygen atoms in total. The number of hydrogen-bond donors (Lipinski definition) is 2. The number of carbonyl (C=O) groups is 2. The molecule has 0 aromatic heterocycles. The van der Waals surface area contributed by atoms with E-state index < -0.39 is 11.0 Å². The summed E-state index contributed by atoms with van der Waals surface area (Å²) >= 11 is 0. The number of amides is 2. The molecule has 184 valence electrons. The highest BCUT2D eigenvalue weighted by atomic mass is 32.2. The Bertz CT molecular complexity index is 1070. The van der Waals surface area contributed by atoms with Crippen LogP contribution in [-0.4, -0.2) is 72.6 Å². The second-order valence-electron chi connectivity index (χ2n) is 8.74. The third kappa shape index (κ3) is 6.65. The minimum absolute atomic E-state index is 0.100. The van der Waals surface area contributed by atoms with Crippen LogP contribution in [0.25, 0.3) is 0 Å². The Balaban J connectivity index is 1.51. The van der Waals surface area contributed by atoms with Crippen molar-refractivity contribution in [2.24, 2.45) is 0 Å². The molecule has 1 unspecified atom stereocenters. The molecule has 9 heteroatoms. The van der Waals surface area contributed by atoms with Gasteiger partial charge in [0.25, 0.3) is 0 Å². The fourth-order valence-electron chi connectivity index (χ4n) is 4.08. The van der Waals surface area contributed by atoms with Gasteiger partial charge in [-0.3, -0.25) is 9.59 Å². The number of nitrogens with one attached hydrogen (secondary N) is 2. The van der Waals surface area contributed by atoms with Crippen LogP contribution in [0.1, 0.15) is 22.3 Å². The van der Waals surface area contributed by atoms with E-state index in [1.807, 2.05) is 38.1 Å². The molecule has 0 radical (unpaired) electrons. The van der Waals surface area contributed by atoms with Gasteiger partial charge >= 0.3 is 0 Å². The third-order valence-corrected chi connectivity index (χ3v) is 7.64. The fraction of sp³-hybridized carbons (Fsp3) is 0.440. The van der Waals surface area contributed by atoms with Crippen LogP contribution in [0.4, 0.5) is 5.69 Å². The van der Waals surface area contributed by atoms with Crippen LogP contribution < -0.4 is 15.4 Å². The van der Waals surface area contributed by atoms with E-state index in [1.54, 1.807) is 14.2 Å². The van der Waals surface area contributed by atoms with Gasteiger partial charge in [0.1, 0.15) is 16.7 Å². The average molecular weight is 487 g/mol. The lowest BCUT2D eigenvalue weighted by atomic mass is 10.0. The Morgan fingerprint density at radius 1 is 1.06 bits per heavy atom. The molecule has 3 rings (SSSR count). The normalized spacial score (nSPS) is 14.8. The lowest BCUT2D eigenvalue weighted by molar-refractivity contribution is -0.124. The minimum atomic E-state index is -1.52. The fourth-order valence-corrected chi connectivity index (χ4v) is 5.29. The maximum atomic E-state index is 13.0. The van der Waals surface area contributed by atoms with Gasteiger partial charge in [-0.05, 0) is 80.3 Å². The molecule has 1 aliphatic rings. The van der Waals surface area contributed by atoms with E-state index in [4.69, 9.17) is 4.74 Å². The maximum absolute atomic E-state index is 13.0. The molecule has 0 fully saturated rings. The van der Waals surface area contributed by atoms with Crippen LogP contribution in [0.2, 0.25) is 0 Å². The number of carbonyl (C=O) groups excluding carboxylic acids is 2. The number of benzene rings is 2. The highest BCUT2D eigenvalue weighted by molar-refractivity contribution is 7.82. The van der Waals surface area contributed by atoms with Crippen LogP contribution in [0.5, 0.6) is 5.75 Å². The van der Waals surface area contributed by atoms with Crippen molar-refractivity contribution in [1.82, 2.24) is 14.5 Å². The Labute approximate surface area is 204 Å². The number of nitrogens with zero attached hydrogens (tertiary/aromatic N) is 2. The van der Waals surface area contributed by atoms with Gasteiger partial charge in [0, 0.05) is 25.8 Å². The molecular formula is C25H34N4O4S. The number of anilines is 1. The molecule has 0 saturated carbocycles. The van der Waals surface area contributed by atoms with Crippen molar-refractivity contribution in [3.8, 4) is 5.75 Å². The molecule has 0 aliphatic carbocycles. The number of fused-ring (bicyclic) bond motifs is 1. The van der Waals surface area contributed by atoms with Gasteiger partial charge < -0.3 is 20.3 Å². The summed E-state index contributed by atoms with van der Waals surface area (Å²) < 4.78 is 19.7. The number of hydrogen-bond acceptors (Lipinski definition) is 5. The summed E-state index contributed by atoms with van der Waals surface area (Å²) in [7, 11) is 3.80. The van der Waals surface area contributed by atoms with E-state index in [0.717, 1.165) is 42.7 Å². The van der Waals surface area contributed by atoms with Gasteiger partial charge in [-0.15, -0.1) is 0 Å². The smallest absolute Gasteiger partial charge is 0.243 e. The molecule has 1 aliphatic heterocycles. The zero-order valence-electron chi connectivity index (χ0n) is 20.6. The Hall–Kier alpha value is -2.75. The Kier molecular flexibility index (Phi) is 8.82. The van der Waals surface area contributed by atoms with Gasteiger partial charge in [-0.1, -0.05) is 6.07 Å². The first-order valence-corrected chi connectivity index (χ1v) is 12.4. The van der Waals surface area contributed by atoms with Crippen molar-refractivity contribution in [3.63, 3.8) is 0 Å². The summed E-state index contributed by atoms with van der Waals surface area (Å²) in [6.07, 6.45) is 1.95. The van der Waals surface area contributed by atoms with Crippen LogP contribution in [0.3, 0.4) is 0 Å². The molecular weight excluding hydrogens is 452 g/mol. The summed E-state index contributed by atoms with van der Waals surface area (Å²) in [6.45, 7) is 5.49. The summed E-state index contributed by atoms with van der Waals surface area (Å²) in [4.78, 5) is 27.7. The van der Waals surface area contributed by atoms with Crippen molar-refractivity contribution >= 4 is 28.5 Å². The lowest BCUT2D eigenvalue weighted by Crippen LogP contribution is -2.39. The monoisotopic (exact) mass is 486 g/mol. The molecule has 1 atom stereocenters. The van der Waals surface area contributed by atoms with Crippen molar-refractivity contribution in [1.29, 1.82) is 0 Å². The number of likely N-dealkylation sites (N-methyl/N-ethyl adjacent to an activating group) is 2. The zero-order valence-corrected chi connectivity index (χ0v) is 21.4. The first kappa shape index (κ1) is 25.9. The maximum Gasteiger partial charge on any atom is 0.243 e. The minimum Gasteiger partial charge on any atom is -0.497 e.